The molecule has 38 heavy (non-hydrogen) atoms. The van der Waals surface area contributed by atoms with Gasteiger partial charge in [-0.05, 0) is 54.2 Å². The Hall–Kier alpha value is -4.15. The maximum atomic E-state index is 13.7. The summed E-state index contributed by atoms with van der Waals surface area (Å²) in [5.41, 5.74) is 2.95. The number of likely N-dealkylation sites (tertiary alicyclic amines) is 1. The Morgan fingerprint density at radius 1 is 1.05 bits per heavy atom. The van der Waals surface area contributed by atoms with Crippen LogP contribution in [0.5, 0.6) is 0 Å². The van der Waals surface area contributed by atoms with Crippen LogP contribution in [0.3, 0.4) is 0 Å². The van der Waals surface area contributed by atoms with Crippen molar-refractivity contribution in [3.05, 3.63) is 95.5 Å². The minimum Gasteiger partial charge on any atom is -0.421 e. The summed E-state index contributed by atoms with van der Waals surface area (Å²) in [5.74, 6) is 1.54. The molecule has 1 aliphatic heterocycles. The van der Waals surface area contributed by atoms with Gasteiger partial charge in [0.15, 0.2) is 5.82 Å². The third-order valence-corrected chi connectivity index (χ3v) is 7.48. The first kappa shape index (κ1) is 24.2. The van der Waals surface area contributed by atoms with Crippen molar-refractivity contribution < 1.29 is 9.21 Å². The molecule has 0 aliphatic carbocycles. The second-order valence-electron chi connectivity index (χ2n) is 9.34. The first-order valence-corrected chi connectivity index (χ1v) is 13.4. The minimum atomic E-state index is -0.0608. The first-order chi connectivity index (χ1) is 18.6. The molecule has 1 fully saturated rings. The highest BCUT2D eigenvalue weighted by Gasteiger charge is 2.32. The average Bonchev–Trinajstić information content (AvgIpc) is 3.73. The number of hydrogen-bond acceptors (Lipinski definition) is 8. The van der Waals surface area contributed by atoms with Crippen LogP contribution in [0.25, 0.3) is 17.1 Å². The van der Waals surface area contributed by atoms with Gasteiger partial charge in [-0.15, -0.1) is 15.3 Å². The van der Waals surface area contributed by atoms with Gasteiger partial charge in [0, 0.05) is 56.6 Å². The van der Waals surface area contributed by atoms with Crippen LogP contribution in [-0.2, 0) is 6.54 Å². The number of aromatic nitrogens is 5. The van der Waals surface area contributed by atoms with Crippen LogP contribution in [0.4, 0.5) is 5.82 Å². The number of nitrogens with zero attached hydrogens (tertiary/aromatic N) is 7. The number of amides is 1. The van der Waals surface area contributed by atoms with E-state index in [1.807, 2.05) is 47.5 Å². The van der Waals surface area contributed by atoms with Crippen molar-refractivity contribution in [2.24, 2.45) is 0 Å². The number of carbonyl (C=O) groups is 1. The molecule has 0 spiro atoms. The van der Waals surface area contributed by atoms with Crippen molar-refractivity contribution in [1.29, 1.82) is 0 Å². The van der Waals surface area contributed by atoms with Gasteiger partial charge in [-0.25, -0.2) is 9.06 Å². The molecule has 2 aromatic carbocycles. The molecule has 10 heteroatoms. The lowest BCUT2D eigenvalue weighted by molar-refractivity contribution is 0.0961. The normalized spacial score (nSPS) is 14.6. The van der Waals surface area contributed by atoms with E-state index in [0.29, 0.717) is 22.5 Å². The molecule has 4 heterocycles. The summed E-state index contributed by atoms with van der Waals surface area (Å²) in [6.07, 6.45) is 5.29. The average molecular weight is 526 g/mol. The Labute approximate surface area is 224 Å². The van der Waals surface area contributed by atoms with Crippen molar-refractivity contribution in [3.8, 4) is 17.1 Å². The first-order valence-electron chi connectivity index (χ1n) is 12.6. The Morgan fingerprint density at radius 2 is 1.89 bits per heavy atom. The fraction of sp³-hybridized carbons (Fsp3) is 0.250. The molecule has 0 saturated carbocycles. The molecule has 9 nitrogen and oxygen atoms in total. The van der Waals surface area contributed by atoms with Gasteiger partial charge in [-0.2, -0.15) is 0 Å². The van der Waals surface area contributed by atoms with Gasteiger partial charge in [0.05, 0.1) is 5.69 Å². The van der Waals surface area contributed by atoms with E-state index >= 15 is 0 Å². The van der Waals surface area contributed by atoms with Crippen LogP contribution in [0.1, 0.15) is 34.0 Å². The van der Waals surface area contributed by atoms with Crippen molar-refractivity contribution in [1.82, 2.24) is 29.3 Å². The van der Waals surface area contributed by atoms with Crippen molar-refractivity contribution in [3.63, 3.8) is 0 Å². The molecule has 5 aromatic rings. The molecule has 1 aliphatic rings. The van der Waals surface area contributed by atoms with Gasteiger partial charge >= 0.3 is 0 Å². The van der Waals surface area contributed by atoms with Gasteiger partial charge in [-0.1, -0.05) is 36.4 Å². The number of aryl methyl sites for hydroxylation is 1. The molecule has 0 radical (unpaired) electrons. The van der Waals surface area contributed by atoms with Crippen molar-refractivity contribution in [2.75, 3.05) is 18.0 Å². The van der Waals surface area contributed by atoms with Gasteiger partial charge in [0.25, 0.3) is 5.91 Å². The van der Waals surface area contributed by atoms with Crippen LogP contribution >= 0.6 is 11.5 Å². The Balaban J connectivity index is 1.24. The summed E-state index contributed by atoms with van der Waals surface area (Å²) in [6.45, 7) is 4.51. The lowest BCUT2D eigenvalue weighted by atomic mass is 10.0. The van der Waals surface area contributed by atoms with Crippen molar-refractivity contribution >= 4 is 23.3 Å². The predicted octanol–water partition coefficient (Wildman–Crippen LogP) is 5.00. The lowest BCUT2D eigenvalue weighted by Gasteiger charge is -2.37. The Kier molecular flexibility index (Phi) is 6.80. The largest absolute Gasteiger partial charge is 0.421 e. The van der Waals surface area contributed by atoms with Crippen molar-refractivity contribution in [2.45, 2.75) is 32.4 Å². The number of carbonyl (C=O) groups excluding carboxylic acids is 1. The quantitative estimate of drug-likeness (QED) is 0.295. The highest BCUT2D eigenvalue weighted by atomic mass is 32.1. The summed E-state index contributed by atoms with van der Waals surface area (Å²) in [5, 5.41) is 12.9. The van der Waals surface area contributed by atoms with E-state index in [9.17, 15) is 4.79 Å². The van der Waals surface area contributed by atoms with Gasteiger partial charge in [0.2, 0.25) is 11.8 Å². The van der Waals surface area contributed by atoms with E-state index in [1.165, 1.54) is 17.1 Å². The van der Waals surface area contributed by atoms with E-state index in [4.69, 9.17) is 9.52 Å². The lowest BCUT2D eigenvalue weighted by Crippen LogP contribution is -2.47. The number of anilines is 1. The molecule has 0 atom stereocenters. The second-order valence-corrected chi connectivity index (χ2v) is 10.2. The van der Waals surface area contributed by atoms with Crippen LogP contribution in [-0.4, -0.2) is 54.3 Å². The van der Waals surface area contributed by atoms with E-state index in [1.54, 1.807) is 23.9 Å². The van der Waals surface area contributed by atoms with Crippen LogP contribution in [0.2, 0.25) is 0 Å². The van der Waals surface area contributed by atoms with E-state index in [0.717, 1.165) is 43.7 Å². The number of benzene rings is 2. The van der Waals surface area contributed by atoms with Gasteiger partial charge < -0.3 is 4.42 Å². The number of hydrogen-bond donors (Lipinski definition) is 0. The Morgan fingerprint density at radius 3 is 2.63 bits per heavy atom. The zero-order valence-corrected chi connectivity index (χ0v) is 21.8. The molecule has 0 N–H and O–H groups in total. The molecule has 6 rings (SSSR count). The summed E-state index contributed by atoms with van der Waals surface area (Å²) in [7, 11) is 0. The van der Waals surface area contributed by atoms with E-state index < -0.39 is 0 Å². The highest BCUT2D eigenvalue weighted by Crippen LogP contribution is 2.28. The predicted molar refractivity (Wildman–Crippen MR) is 145 cm³/mol. The fourth-order valence-corrected chi connectivity index (χ4v) is 5.39. The highest BCUT2D eigenvalue weighted by molar-refractivity contribution is 7.08. The summed E-state index contributed by atoms with van der Waals surface area (Å²) in [6, 6.07) is 22.0. The number of rotatable bonds is 7. The SMILES string of the molecule is Cc1nnc(-c2cccc(-n3ccc(N(C(=O)c4ccns4)C4CCN(Cc5ccccc5)CC4)n3)c2)o1. The van der Waals surface area contributed by atoms with Crippen LogP contribution < -0.4 is 4.90 Å². The van der Waals surface area contributed by atoms with Crippen LogP contribution in [0.15, 0.2) is 83.5 Å². The van der Waals surface area contributed by atoms with Gasteiger partial charge in [0.1, 0.15) is 4.88 Å². The monoisotopic (exact) mass is 525 g/mol. The zero-order valence-electron chi connectivity index (χ0n) is 21.0. The van der Waals surface area contributed by atoms with Crippen LogP contribution in [0, 0.1) is 6.92 Å². The van der Waals surface area contributed by atoms with E-state index in [2.05, 4.69) is 43.7 Å². The summed E-state index contributed by atoms with van der Waals surface area (Å²) >= 11 is 1.22. The standard InChI is InChI=1S/C28H27N7O2S/c1-20-30-31-27(37-20)22-8-5-9-24(18-22)34-17-13-26(32-34)35(28(36)25-10-14-29-38-25)23-11-15-33(16-12-23)19-21-6-3-2-4-7-21/h2-10,13-14,17-18,23H,11-12,15-16,19H2,1H3. The Bertz CT molecular complexity index is 1510. The topological polar surface area (TPSA) is 93.2 Å². The molecule has 1 saturated heterocycles. The second kappa shape index (κ2) is 10.7. The molecule has 0 bridgehead atoms. The maximum Gasteiger partial charge on any atom is 0.271 e. The zero-order chi connectivity index (χ0) is 25.9. The molecule has 192 valence electrons. The third kappa shape index (κ3) is 5.13. The third-order valence-electron chi connectivity index (χ3n) is 6.74. The molecular weight excluding hydrogens is 498 g/mol. The molecule has 1 amide bonds. The molecule has 3 aromatic heterocycles. The summed E-state index contributed by atoms with van der Waals surface area (Å²) < 4.78 is 11.5. The van der Waals surface area contributed by atoms with Gasteiger partial charge in [-0.3, -0.25) is 14.6 Å². The minimum absolute atomic E-state index is 0.0488. The van der Waals surface area contributed by atoms with E-state index in [-0.39, 0.29) is 11.9 Å². The maximum absolute atomic E-state index is 13.7. The smallest absolute Gasteiger partial charge is 0.271 e. The molecule has 0 unspecified atom stereocenters. The summed E-state index contributed by atoms with van der Waals surface area (Å²) in [4.78, 5) is 18.6. The molecular formula is C28H27N7O2S. The number of piperidine rings is 1. The fourth-order valence-electron chi connectivity index (χ4n) is 4.86.